The fourth-order valence-electron chi connectivity index (χ4n) is 1.70. The second-order valence-electron chi connectivity index (χ2n) is 4.06. The van der Waals surface area contributed by atoms with E-state index in [2.05, 4.69) is 4.98 Å². The molecule has 2 N–H and O–H groups in total. The van der Waals surface area contributed by atoms with Gasteiger partial charge in [-0.1, -0.05) is 17.7 Å². The van der Waals surface area contributed by atoms with Crippen molar-refractivity contribution in [1.82, 2.24) is 4.98 Å². The van der Waals surface area contributed by atoms with Gasteiger partial charge in [0.05, 0.1) is 11.1 Å². The van der Waals surface area contributed by atoms with E-state index in [1.54, 1.807) is 12.3 Å². The first-order chi connectivity index (χ1) is 8.49. The second-order valence-corrected chi connectivity index (χ2v) is 4.47. The van der Waals surface area contributed by atoms with Crippen LogP contribution in [0.4, 0.5) is 8.78 Å². The fourth-order valence-corrected chi connectivity index (χ4v) is 1.85. The van der Waals surface area contributed by atoms with E-state index in [0.29, 0.717) is 5.56 Å². The number of aromatic nitrogens is 1. The first-order valence-corrected chi connectivity index (χ1v) is 5.68. The molecule has 2 aromatic rings. The van der Waals surface area contributed by atoms with Gasteiger partial charge >= 0.3 is 0 Å². The molecule has 0 aliphatic carbocycles. The lowest BCUT2D eigenvalue weighted by molar-refractivity contribution is 0.577. The molecule has 0 spiro atoms. The zero-order valence-corrected chi connectivity index (χ0v) is 10.4. The third-order valence-electron chi connectivity index (χ3n) is 2.63. The van der Waals surface area contributed by atoms with Crippen molar-refractivity contribution >= 4 is 11.6 Å². The summed E-state index contributed by atoms with van der Waals surface area (Å²) in [4.78, 5) is 3.98. The molecule has 0 fully saturated rings. The largest absolute Gasteiger partial charge is 0.320 e. The molecule has 0 saturated heterocycles. The Labute approximate surface area is 108 Å². The van der Waals surface area contributed by atoms with Crippen LogP contribution in [0.2, 0.25) is 5.02 Å². The number of nitrogens with two attached hydrogens (primary N) is 1. The first kappa shape index (κ1) is 12.9. The Balaban J connectivity index is 2.46. The fraction of sp³-hybridized carbons (Fsp3) is 0.154. The van der Waals surface area contributed by atoms with E-state index in [0.717, 1.165) is 17.7 Å². The highest BCUT2D eigenvalue weighted by Crippen LogP contribution is 2.26. The number of hydrogen-bond donors (Lipinski definition) is 1. The summed E-state index contributed by atoms with van der Waals surface area (Å²) in [7, 11) is 0. The Kier molecular flexibility index (Phi) is 3.59. The van der Waals surface area contributed by atoms with Crippen LogP contribution in [-0.4, -0.2) is 4.98 Å². The summed E-state index contributed by atoms with van der Waals surface area (Å²) in [6.45, 7) is 1.85. The standard InChI is InChI=1S/C13H11ClF2N2/c1-7-2-8(6-18-5-7)13(17)9-3-12(16)10(14)4-11(9)15/h2-6,13H,17H2,1H3. The molecule has 1 atom stereocenters. The maximum atomic E-state index is 13.7. The van der Waals surface area contributed by atoms with Crippen molar-refractivity contribution in [3.05, 3.63) is 63.9 Å². The highest BCUT2D eigenvalue weighted by Gasteiger charge is 2.17. The molecule has 1 aromatic carbocycles. The minimum absolute atomic E-state index is 0.0595. The number of nitrogens with zero attached hydrogens (tertiary/aromatic N) is 1. The van der Waals surface area contributed by atoms with Gasteiger partial charge in [0.2, 0.25) is 0 Å². The van der Waals surface area contributed by atoms with Crippen LogP contribution < -0.4 is 5.73 Å². The van der Waals surface area contributed by atoms with Gasteiger partial charge in [0.15, 0.2) is 0 Å². The van der Waals surface area contributed by atoms with Crippen molar-refractivity contribution in [2.75, 3.05) is 0 Å². The van der Waals surface area contributed by atoms with Gasteiger partial charge in [0.1, 0.15) is 11.6 Å². The molecule has 18 heavy (non-hydrogen) atoms. The Morgan fingerprint density at radius 3 is 2.56 bits per heavy atom. The highest BCUT2D eigenvalue weighted by molar-refractivity contribution is 6.30. The van der Waals surface area contributed by atoms with E-state index in [1.165, 1.54) is 6.20 Å². The summed E-state index contributed by atoms with van der Waals surface area (Å²) in [5.74, 6) is -1.32. The highest BCUT2D eigenvalue weighted by atomic mass is 35.5. The zero-order chi connectivity index (χ0) is 13.3. The van der Waals surface area contributed by atoms with E-state index < -0.39 is 17.7 Å². The monoisotopic (exact) mass is 268 g/mol. The lowest BCUT2D eigenvalue weighted by Crippen LogP contribution is -2.14. The van der Waals surface area contributed by atoms with Crippen molar-refractivity contribution in [3.8, 4) is 0 Å². The van der Waals surface area contributed by atoms with Crippen molar-refractivity contribution in [2.45, 2.75) is 13.0 Å². The van der Waals surface area contributed by atoms with Crippen LogP contribution in [0.3, 0.4) is 0 Å². The molecule has 5 heteroatoms. The number of aryl methyl sites for hydroxylation is 1. The van der Waals surface area contributed by atoms with E-state index in [-0.39, 0.29) is 10.6 Å². The molecule has 0 aliphatic heterocycles. The third-order valence-corrected chi connectivity index (χ3v) is 2.92. The predicted octanol–water partition coefficient (Wildman–Crippen LogP) is 3.37. The van der Waals surface area contributed by atoms with Gasteiger partial charge < -0.3 is 5.73 Å². The second kappa shape index (κ2) is 5.00. The molecule has 0 saturated carbocycles. The van der Waals surface area contributed by atoms with Crippen molar-refractivity contribution < 1.29 is 8.78 Å². The number of halogens is 3. The minimum Gasteiger partial charge on any atom is -0.320 e. The SMILES string of the molecule is Cc1cncc(C(N)c2cc(F)c(Cl)cc2F)c1. The molecular weight excluding hydrogens is 258 g/mol. The van der Waals surface area contributed by atoms with Gasteiger partial charge in [0.25, 0.3) is 0 Å². The molecule has 2 rings (SSSR count). The first-order valence-electron chi connectivity index (χ1n) is 5.30. The summed E-state index contributed by atoms with van der Waals surface area (Å²) >= 11 is 5.49. The predicted molar refractivity (Wildman–Crippen MR) is 66.4 cm³/mol. The smallest absolute Gasteiger partial charge is 0.142 e. The van der Waals surface area contributed by atoms with Gasteiger partial charge in [0, 0.05) is 18.0 Å². The quantitative estimate of drug-likeness (QED) is 0.848. The van der Waals surface area contributed by atoms with E-state index >= 15 is 0 Å². The topological polar surface area (TPSA) is 38.9 Å². The minimum atomic E-state index is -0.774. The normalized spacial score (nSPS) is 12.5. The molecular formula is C13H11ClF2N2. The maximum Gasteiger partial charge on any atom is 0.142 e. The van der Waals surface area contributed by atoms with Gasteiger partial charge in [-0.2, -0.15) is 0 Å². The van der Waals surface area contributed by atoms with Gasteiger partial charge in [-0.05, 0) is 30.2 Å². The molecule has 0 bridgehead atoms. The summed E-state index contributed by atoms with van der Waals surface area (Å²) in [6, 6.07) is 2.95. The third kappa shape index (κ3) is 2.49. The average Bonchev–Trinajstić information content (AvgIpc) is 2.33. The lowest BCUT2D eigenvalue weighted by Gasteiger charge is -2.14. The summed E-state index contributed by atoms with van der Waals surface area (Å²) in [6.07, 6.45) is 3.19. The van der Waals surface area contributed by atoms with Crippen LogP contribution in [0, 0.1) is 18.6 Å². The summed E-state index contributed by atoms with van der Waals surface area (Å²) < 4.78 is 27.1. The Hall–Kier alpha value is -1.52. The van der Waals surface area contributed by atoms with E-state index in [4.69, 9.17) is 17.3 Å². The molecule has 0 radical (unpaired) electrons. The molecule has 1 unspecified atom stereocenters. The molecule has 94 valence electrons. The number of hydrogen-bond acceptors (Lipinski definition) is 2. The molecule has 0 amide bonds. The summed E-state index contributed by atoms with van der Waals surface area (Å²) in [5.41, 5.74) is 7.50. The van der Waals surface area contributed by atoms with Crippen LogP contribution in [0.15, 0.2) is 30.6 Å². The van der Waals surface area contributed by atoms with Crippen LogP contribution in [0.5, 0.6) is 0 Å². The zero-order valence-electron chi connectivity index (χ0n) is 9.62. The number of rotatable bonds is 2. The van der Waals surface area contributed by atoms with Gasteiger partial charge in [-0.3, -0.25) is 4.98 Å². The van der Waals surface area contributed by atoms with Crippen molar-refractivity contribution in [3.63, 3.8) is 0 Å². The molecule has 2 nitrogen and oxygen atoms in total. The number of benzene rings is 1. The average molecular weight is 269 g/mol. The summed E-state index contributed by atoms with van der Waals surface area (Å²) in [5, 5.41) is -0.259. The van der Waals surface area contributed by atoms with Crippen LogP contribution in [0.1, 0.15) is 22.7 Å². The van der Waals surface area contributed by atoms with Gasteiger partial charge in [-0.25, -0.2) is 8.78 Å². The van der Waals surface area contributed by atoms with Crippen molar-refractivity contribution in [1.29, 1.82) is 0 Å². The lowest BCUT2D eigenvalue weighted by atomic mass is 9.99. The molecule has 0 aliphatic rings. The maximum absolute atomic E-state index is 13.7. The van der Waals surface area contributed by atoms with Crippen molar-refractivity contribution in [2.24, 2.45) is 5.73 Å². The van der Waals surface area contributed by atoms with Gasteiger partial charge in [-0.15, -0.1) is 0 Å². The molecule has 1 heterocycles. The Morgan fingerprint density at radius 2 is 1.89 bits per heavy atom. The van der Waals surface area contributed by atoms with Crippen LogP contribution in [-0.2, 0) is 0 Å². The van der Waals surface area contributed by atoms with Crippen LogP contribution in [0.25, 0.3) is 0 Å². The Morgan fingerprint density at radius 1 is 1.17 bits per heavy atom. The van der Waals surface area contributed by atoms with E-state index in [1.807, 2.05) is 6.92 Å². The van der Waals surface area contributed by atoms with Crippen LogP contribution >= 0.6 is 11.6 Å². The number of pyridine rings is 1. The van der Waals surface area contributed by atoms with E-state index in [9.17, 15) is 8.78 Å². The Bertz CT molecular complexity index is 587. The molecule has 1 aromatic heterocycles.